The second kappa shape index (κ2) is 7.57. The molecule has 0 saturated carbocycles. The molecule has 1 aromatic heterocycles. The van der Waals surface area contributed by atoms with Gasteiger partial charge in [0.25, 0.3) is 5.91 Å². The number of hydrogen-bond donors (Lipinski definition) is 1. The van der Waals surface area contributed by atoms with E-state index < -0.39 is 5.91 Å². The van der Waals surface area contributed by atoms with E-state index in [9.17, 15) is 10.1 Å². The van der Waals surface area contributed by atoms with Gasteiger partial charge in [-0.15, -0.1) is 0 Å². The Bertz CT molecular complexity index is 844. The Labute approximate surface area is 151 Å². The highest BCUT2D eigenvalue weighted by atomic mass is 35.5. The fourth-order valence-electron chi connectivity index (χ4n) is 2.35. The molecule has 1 aromatic carbocycles. The van der Waals surface area contributed by atoms with Crippen molar-refractivity contribution in [2.45, 2.75) is 26.8 Å². The molecule has 0 fully saturated rings. The van der Waals surface area contributed by atoms with Gasteiger partial charge < -0.3 is 9.88 Å². The maximum Gasteiger partial charge on any atom is 0.266 e. The van der Waals surface area contributed by atoms with Crippen LogP contribution >= 0.6 is 23.2 Å². The van der Waals surface area contributed by atoms with Crippen LogP contribution in [0.5, 0.6) is 0 Å². The Morgan fingerprint density at radius 2 is 2.04 bits per heavy atom. The lowest BCUT2D eigenvalue weighted by molar-refractivity contribution is -0.112. The number of nitrogens with one attached hydrogen (secondary N) is 1. The standard InChI is InChI=1S/C18H17Cl2N3O/c1-11(2)23-10-13(6-12(23)3)7-14(9-21)18(24)22-17-5-4-15(19)8-16(17)20/h4-8,10-11H,1-3H3,(H,22,24)/b14-7+. The molecule has 2 rings (SSSR count). The van der Waals surface area contributed by atoms with Gasteiger partial charge in [0.05, 0.1) is 10.7 Å². The van der Waals surface area contributed by atoms with Crippen molar-refractivity contribution in [1.29, 1.82) is 5.26 Å². The summed E-state index contributed by atoms with van der Waals surface area (Å²) in [5.74, 6) is -0.517. The molecule has 0 saturated heterocycles. The Morgan fingerprint density at radius 1 is 1.33 bits per heavy atom. The summed E-state index contributed by atoms with van der Waals surface area (Å²) in [6.45, 7) is 6.12. The average molecular weight is 362 g/mol. The lowest BCUT2D eigenvalue weighted by atomic mass is 10.2. The second-order valence-electron chi connectivity index (χ2n) is 5.66. The lowest BCUT2D eigenvalue weighted by Crippen LogP contribution is -2.13. The summed E-state index contributed by atoms with van der Waals surface area (Å²) in [5.41, 5.74) is 2.27. The molecule has 0 spiro atoms. The number of anilines is 1. The van der Waals surface area contributed by atoms with Crippen molar-refractivity contribution >= 4 is 40.9 Å². The van der Waals surface area contributed by atoms with Crippen molar-refractivity contribution in [3.05, 3.63) is 57.3 Å². The molecule has 24 heavy (non-hydrogen) atoms. The number of hydrogen-bond acceptors (Lipinski definition) is 2. The number of aryl methyl sites for hydroxylation is 1. The Hall–Kier alpha value is -2.22. The summed E-state index contributed by atoms with van der Waals surface area (Å²) in [6, 6.07) is 8.90. The van der Waals surface area contributed by atoms with Gasteiger partial charge in [0.1, 0.15) is 11.6 Å². The van der Waals surface area contributed by atoms with Gasteiger partial charge in [-0.3, -0.25) is 4.79 Å². The van der Waals surface area contributed by atoms with Crippen molar-refractivity contribution in [2.24, 2.45) is 0 Å². The van der Waals surface area contributed by atoms with Crippen molar-refractivity contribution in [1.82, 2.24) is 4.57 Å². The van der Waals surface area contributed by atoms with E-state index in [0.717, 1.165) is 11.3 Å². The molecule has 2 aromatic rings. The van der Waals surface area contributed by atoms with Crippen LogP contribution in [0.1, 0.15) is 31.1 Å². The smallest absolute Gasteiger partial charge is 0.266 e. The monoisotopic (exact) mass is 361 g/mol. The highest BCUT2D eigenvalue weighted by Crippen LogP contribution is 2.26. The van der Waals surface area contributed by atoms with E-state index in [1.165, 1.54) is 6.07 Å². The highest BCUT2D eigenvalue weighted by molar-refractivity contribution is 6.36. The maximum absolute atomic E-state index is 12.3. The second-order valence-corrected chi connectivity index (χ2v) is 6.51. The Kier molecular flexibility index (Phi) is 5.71. The molecular formula is C18H17Cl2N3O. The van der Waals surface area contributed by atoms with Crippen LogP contribution < -0.4 is 5.32 Å². The molecule has 0 aliphatic heterocycles. The van der Waals surface area contributed by atoms with Gasteiger partial charge >= 0.3 is 0 Å². The van der Waals surface area contributed by atoms with Crippen LogP contribution in [-0.2, 0) is 4.79 Å². The van der Waals surface area contributed by atoms with E-state index in [1.54, 1.807) is 18.2 Å². The van der Waals surface area contributed by atoms with Crippen molar-refractivity contribution < 1.29 is 4.79 Å². The SMILES string of the molecule is Cc1cc(/C=C(\C#N)C(=O)Nc2ccc(Cl)cc2Cl)cn1C(C)C. The molecule has 0 aliphatic carbocycles. The molecule has 0 bridgehead atoms. The zero-order valence-corrected chi connectivity index (χ0v) is 15.1. The summed E-state index contributed by atoms with van der Waals surface area (Å²) >= 11 is 11.9. The van der Waals surface area contributed by atoms with Gasteiger partial charge in [-0.1, -0.05) is 23.2 Å². The fourth-order valence-corrected chi connectivity index (χ4v) is 2.80. The lowest BCUT2D eigenvalue weighted by Gasteiger charge is -2.09. The molecule has 1 heterocycles. The van der Waals surface area contributed by atoms with Crippen LogP contribution in [0.25, 0.3) is 6.08 Å². The minimum Gasteiger partial charge on any atom is -0.349 e. The minimum atomic E-state index is -0.517. The number of carbonyl (C=O) groups excluding carboxylic acids is 1. The first-order valence-corrected chi connectivity index (χ1v) is 8.14. The molecule has 6 heteroatoms. The van der Waals surface area contributed by atoms with Gasteiger partial charge in [0.15, 0.2) is 0 Å². The predicted molar refractivity (Wildman–Crippen MR) is 98.2 cm³/mol. The molecule has 0 atom stereocenters. The number of nitrogens with zero attached hydrogens (tertiary/aromatic N) is 2. The zero-order chi connectivity index (χ0) is 17.9. The van der Waals surface area contributed by atoms with E-state index in [2.05, 4.69) is 23.7 Å². The third-order valence-corrected chi connectivity index (χ3v) is 4.03. The van der Waals surface area contributed by atoms with Crippen LogP contribution in [0, 0.1) is 18.3 Å². The average Bonchev–Trinajstić information content (AvgIpc) is 2.88. The van der Waals surface area contributed by atoms with Gasteiger partial charge in [0.2, 0.25) is 0 Å². The largest absolute Gasteiger partial charge is 0.349 e. The summed E-state index contributed by atoms with van der Waals surface area (Å²) < 4.78 is 2.08. The molecule has 0 radical (unpaired) electrons. The van der Waals surface area contributed by atoms with Crippen molar-refractivity contribution in [3.8, 4) is 6.07 Å². The molecule has 0 aliphatic rings. The molecular weight excluding hydrogens is 345 g/mol. The van der Waals surface area contributed by atoms with Crippen LogP contribution in [0.2, 0.25) is 10.0 Å². The van der Waals surface area contributed by atoms with E-state index in [4.69, 9.17) is 23.2 Å². The third-order valence-electron chi connectivity index (χ3n) is 3.48. The first kappa shape index (κ1) is 18.1. The number of amides is 1. The number of halogens is 2. The third kappa shape index (κ3) is 4.19. The Morgan fingerprint density at radius 3 is 2.58 bits per heavy atom. The van der Waals surface area contributed by atoms with Gasteiger partial charge in [0, 0.05) is 23.0 Å². The summed E-state index contributed by atoms with van der Waals surface area (Å²) in [7, 11) is 0. The summed E-state index contributed by atoms with van der Waals surface area (Å²) in [6.07, 6.45) is 3.48. The van der Waals surface area contributed by atoms with E-state index in [0.29, 0.717) is 21.8 Å². The van der Waals surface area contributed by atoms with Gasteiger partial charge in [-0.05, 0) is 56.7 Å². The van der Waals surface area contributed by atoms with Crippen LogP contribution in [0.15, 0.2) is 36.0 Å². The molecule has 124 valence electrons. The molecule has 1 N–H and O–H groups in total. The topological polar surface area (TPSA) is 57.8 Å². The van der Waals surface area contributed by atoms with E-state index in [1.807, 2.05) is 25.3 Å². The number of rotatable bonds is 4. The number of carbonyl (C=O) groups is 1. The van der Waals surface area contributed by atoms with E-state index in [-0.39, 0.29) is 5.57 Å². The number of aromatic nitrogens is 1. The highest BCUT2D eigenvalue weighted by Gasteiger charge is 2.13. The minimum absolute atomic E-state index is 0.00178. The molecule has 4 nitrogen and oxygen atoms in total. The predicted octanol–water partition coefficient (Wildman–Crippen LogP) is 5.23. The first-order valence-electron chi connectivity index (χ1n) is 7.38. The quantitative estimate of drug-likeness (QED) is 0.598. The maximum atomic E-state index is 12.3. The number of nitriles is 1. The van der Waals surface area contributed by atoms with E-state index >= 15 is 0 Å². The summed E-state index contributed by atoms with van der Waals surface area (Å²) in [5, 5.41) is 12.7. The fraction of sp³-hybridized carbons (Fsp3) is 0.222. The molecule has 0 unspecified atom stereocenters. The Balaban J connectivity index is 2.26. The van der Waals surface area contributed by atoms with Crippen molar-refractivity contribution in [2.75, 3.05) is 5.32 Å². The van der Waals surface area contributed by atoms with Crippen LogP contribution in [0.3, 0.4) is 0 Å². The normalized spacial score (nSPS) is 11.5. The summed E-state index contributed by atoms with van der Waals surface area (Å²) in [4.78, 5) is 12.3. The van der Waals surface area contributed by atoms with Crippen LogP contribution in [-0.4, -0.2) is 10.5 Å². The molecule has 1 amide bonds. The van der Waals surface area contributed by atoms with Crippen LogP contribution in [0.4, 0.5) is 5.69 Å². The van der Waals surface area contributed by atoms with Gasteiger partial charge in [-0.2, -0.15) is 5.26 Å². The van der Waals surface area contributed by atoms with Crippen molar-refractivity contribution in [3.63, 3.8) is 0 Å². The first-order chi connectivity index (χ1) is 11.3. The zero-order valence-electron chi connectivity index (χ0n) is 13.6. The van der Waals surface area contributed by atoms with Gasteiger partial charge in [-0.25, -0.2) is 0 Å². The number of benzene rings is 1.